The third-order valence-electron chi connectivity index (χ3n) is 6.75. The molecule has 4 aromatic rings. The summed E-state index contributed by atoms with van der Waals surface area (Å²) in [4.78, 5) is 18.4. The molecule has 1 aromatic carbocycles. The molecule has 1 saturated heterocycles. The van der Waals surface area contributed by atoms with Gasteiger partial charge in [-0.15, -0.1) is 11.8 Å². The summed E-state index contributed by atoms with van der Waals surface area (Å²) in [6.45, 7) is -0.785. The molecule has 11 nitrogen and oxygen atoms in total. The Bertz CT molecular complexity index is 1500. The van der Waals surface area contributed by atoms with Crippen LogP contribution in [0.25, 0.3) is 16.9 Å². The maximum atomic E-state index is 13.4. The molecule has 1 saturated carbocycles. The van der Waals surface area contributed by atoms with Crippen molar-refractivity contribution in [3.8, 4) is 17.0 Å². The number of nitrogens with zero attached hydrogens (tertiary/aromatic N) is 5. The molecule has 0 radical (unpaired) electrons. The summed E-state index contributed by atoms with van der Waals surface area (Å²) in [5, 5.41) is 24.9. The van der Waals surface area contributed by atoms with Gasteiger partial charge in [-0.1, -0.05) is 0 Å². The standard InChI is InChI=1S/C26H27F2N7O4S/c27-26(28)39-22-3-2-17(40-18-13-38-14-18)10-19(22)23-21(12-34(33-23)7-5-29-15-8-16(36)9-15)32-25(37)20-11-31-35-6-1-4-30-24(20)35/h1-4,6,10-12,15-16,18,26,29,36H,5,7-9,13-14H2,(H,32,37). The largest absolute Gasteiger partial charge is 0.434 e. The number of rotatable bonds is 11. The van der Waals surface area contributed by atoms with Crippen molar-refractivity contribution >= 4 is 29.0 Å². The Kier molecular flexibility index (Phi) is 7.65. The number of carbonyl (C=O) groups excluding carboxylic acids is 1. The number of amides is 1. The second kappa shape index (κ2) is 11.5. The maximum absolute atomic E-state index is 13.4. The van der Waals surface area contributed by atoms with Gasteiger partial charge in [-0.3, -0.25) is 9.48 Å². The van der Waals surface area contributed by atoms with E-state index < -0.39 is 12.5 Å². The van der Waals surface area contributed by atoms with Crippen molar-refractivity contribution < 1.29 is 28.2 Å². The topological polar surface area (TPSA) is 128 Å². The highest BCUT2D eigenvalue weighted by molar-refractivity contribution is 8.00. The van der Waals surface area contributed by atoms with Gasteiger partial charge in [-0.2, -0.15) is 19.0 Å². The molecular weight excluding hydrogens is 544 g/mol. The molecule has 2 aliphatic rings. The maximum Gasteiger partial charge on any atom is 0.387 e. The highest BCUT2D eigenvalue weighted by Gasteiger charge is 2.27. The molecule has 3 aromatic heterocycles. The fourth-order valence-corrected chi connectivity index (χ4v) is 5.63. The molecule has 0 bridgehead atoms. The number of hydrogen-bond acceptors (Lipinski definition) is 9. The quantitative estimate of drug-likeness (QED) is 0.249. The van der Waals surface area contributed by atoms with Crippen molar-refractivity contribution in [3.63, 3.8) is 0 Å². The average Bonchev–Trinajstić information content (AvgIpc) is 3.50. The summed E-state index contributed by atoms with van der Waals surface area (Å²) in [7, 11) is 0. The minimum atomic E-state index is -3.04. The second-order valence-electron chi connectivity index (χ2n) is 9.64. The molecule has 0 unspecified atom stereocenters. The summed E-state index contributed by atoms with van der Waals surface area (Å²) in [6.07, 6.45) is 7.46. The van der Waals surface area contributed by atoms with Crippen molar-refractivity contribution in [1.82, 2.24) is 29.7 Å². The van der Waals surface area contributed by atoms with Crippen molar-refractivity contribution in [3.05, 3.63) is 54.6 Å². The molecule has 1 aliphatic heterocycles. The van der Waals surface area contributed by atoms with Crippen LogP contribution in [-0.4, -0.2) is 79.2 Å². The predicted octanol–water partition coefficient (Wildman–Crippen LogP) is 3.05. The molecule has 40 heavy (non-hydrogen) atoms. The minimum Gasteiger partial charge on any atom is -0.434 e. The van der Waals surface area contributed by atoms with E-state index in [1.807, 2.05) is 0 Å². The first-order valence-electron chi connectivity index (χ1n) is 12.8. The summed E-state index contributed by atoms with van der Waals surface area (Å²) in [6, 6.07) is 6.90. The van der Waals surface area contributed by atoms with Gasteiger partial charge in [-0.25, -0.2) is 9.50 Å². The van der Waals surface area contributed by atoms with E-state index >= 15 is 0 Å². The number of thioether (sulfide) groups is 1. The Morgan fingerprint density at radius 1 is 1.30 bits per heavy atom. The molecule has 6 rings (SSSR count). The Hall–Kier alpha value is -3.59. The average molecular weight is 572 g/mol. The van der Waals surface area contributed by atoms with Gasteiger partial charge >= 0.3 is 6.61 Å². The van der Waals surface area contributed by atoms with E-state index in [1.165, 1.54) is 16.8 Å². The summed E-state index contributed by atoms with van der Waals surface area (Å²) < 4.78 is 40.0. The molecule has 3 N–H and O–H groups in total. The van der Waals surface area contributed by atoms with E-state index in [2.05, 4.69) is 25.8 Å². The van der Waals surface area contributed by atoms with Crippen LogP contribution < -0.4 is 15.4 Å². The van der Waals surface area contributed by atoms with E-state index in [-0.39, 0.29) is 28.7 Å². The first-order valence-corrected chi connectivity index (χ1v) is 13.7. The zero-order valence-corrected chi connectivity index (χ0v) is 22.1. The number of ether oxygens (including phenoxy) is 2. The highest BCUT2D eigenvalue weighted by atomic mass is 32.2. The van der Waals surface area contributed by atoms with Crippen LogP contribution in [-0.2, 0) is 11.3 Å². The summed E-state index contributed by atoms with van der Waals surface area (Å²) in [5.41, 5.74) is 1.58. The smallest absolute Gasteiger partial charge is 0.387 e. The van der Waals surface area contributed by atoms with Gasteiger partial charge in [-0.05, 0) is 37.1 Å². The van der Waals surface area contributed by atoms with Crippen LogP contribution in [0.3, 0.4) is 0 Å². The number of anilines is 1. The van der Waals surface area contributed by atoms with Crippen LogP contribution >= 0.6 is 11.8 Å². The zero-order chi connectivity index (χ0) is 27.6. The van der Waals surface area contributed by atoms with Crippen LogP contribution in [0, 0.1) is 0 Å². The Balaban J connectivity index is 1.32. The molecule has 2 fully saturated rings. The highest BCUT2D eigenvalue weighted by Crippen LogP contribution is 2.39. The number of aromatic nitrogens is 5. The normalized spacial score (nSPS) is 19.0. The SMILES string of the molecule is O=C(Nc1cn(CCNC2CC(O)C2)nc1-c1cc(SC2COC2)ccc1OC(F)F)c1cnn2cccnc12. The lowest BCUT2D eigenvalue weighted by molar-refractivity contribution is -0.0495. The molecule has 14 heteroatoms. The molecule has 0 spiro atoms. The van der Waals surface area contributed by atoms with Gasteiger partial charge < -0.3 is 25.2 Å². The Morgan fingerprint density at radius 2 is 2.15 bits per heavy atom. The number of fused-ring (bicyclic) bond motifs is 1. The van der Waals surface area contributed by atoms with Crippen molar-refractivity contribution in [2.75, 3.05) is 25.1 Å². The van der Waals surface area contributed by atoms with Gasteiger partial charge in [0.2, 0.25) is 0 Å². The molecular formula is C26H27F2N7O4S. The van der Waals surface area contributed by atoms with Crippen LogP contribution in [0.2, 0.25) is 0 Å². The fourth-order valence-electron chi connectivity index (χ4n) is 4.58. The zero-order valence-electron chi connectivity index (χ0n) is 21.2. The van der Waals surface area contributed by atoms with Gasteiger partial charge in [0, 0.05) is 41.6 Å². The second-order valence-corrected chi connectivity index (χ2v) is 11.0. The number of aliphatic hydroxyl groups is 1. The number of carbonyl (C=O) groups is 1. The third kappa shape index (κ3) is 5.80. The number of nitrogens with one attached hydrogen (secondary N) is 2. The van der Waals surface area contributed by atoms with Crippen molar-refractivity contribution in [2.45, 2.75) is 48.3 Å². The lowest BCUT2D eigenvalue weighted by Crippen LogP contribution is -2.45. The van der Waals surface area contributed by atoms with E-state index in [0.29, 0.717) is 61.7 Å². The van der Waals surface area contributed by atoms with Crippen molar-refractivity contribution in [1.29, 1.82) is 0 Å². The monoisotopic (exact) mass is 571 g/mol. The first kappa shape index (κ1) is 26.6. The number of aliphatic hydroxyl groups excluding tert-OH is 1. The van der Waals surface area contributed by atoms with Crippen LogP contribution in [0.15, 0.2) is 53.9 Å². The summed E-state index contributed by atoms with van der Waals surface area (Å²) in [5.74, 6) is -0.520. The van der Waals surface area contributed by atoms with E-state index in [0.717, 1.165) is 4.90 Å². The minimum absolute atomic E-state index is 0.0517. The van der Waals surface area contributed by atoms with E-state index in [4.69, 9.17) is 9.47 Å². The first-order chi connectivity index (χ1) is 19.4. The number of benzene rings is 1. The molecule has 210 valence electrons. The Morgan fingerprint density at radius 3 is 2.90 bits per heavy atom. The molecule has 1 amide bonds. The summed E-state index contributed by atoms with van der Waals surface area (Å²) >= 11 is 1.58. The van der Waals surface area contributed by atoms with Crippen LogP contribution in [0.1, 0.15) is 23.2 Å². The lowest BCUT2D eigenvalue weighted by atomic mass is 9.90. The van der Waals surface area contributed by atoms with Gasteiger partial charge in [0.25, 0.3) is 5.91 Å². The van der Waals surface area contributed by atoms with Crippen LogP contribution in [0.4, 0.5) is 14.5 Å². The molecule has 1 aliphatic carbocycles. The fraction of sp³-hybridized carbons (Fsp3) is 0.385. The molecule has 0 atom stereocenters. The predicted molar refractivity (Wildman–Crippen MR) is 143 cm³/mol. The van der Waals surface area contributed by atoms with Gasteiger partial charge in [0.05, 0.1) is 43.0 Å². The van der Waals surface area contributed by atoms with Gasteiger partial charge in [0.1, 0.15) is 17.0 Å². The van der Waals surface area contributed by atoms with Gasteiger partial charge in [0.15, 0.2) is 5.65 Å². The number of halogens is 2. The van der Waals surface area contributed by atoms with E-state index in [9.17, 15) is 18.7 Å². The lowest BCUT2D eigenvalue weighted by Gasteiger charge is -2.32. The molecule has 4 heterocycles. The van der Waals surface area contributed by atoms with Crippen LogP contribution in [0.5, 0.6) is 5.75 Å². The van der Waals surface area contributed by atoms with Crippen molar-refractivity contribution in [2.24, 2.45) is 0 Å². The third-order valence-corrected chi connectivity index (χ3v) is 7.88. The number of hydrogen-bond donors (Lipinski definition) is 3. The van der Waals surface area contributed by atoms with E-state index in [1.54, 1.807) is 53.2 Å². The number of alkyl halides is 2. The Labute approximate surface area is 231 Å².